The lowest BCUT2D eigenvalue weighted by molar-refractivity contribution is -0.143. The first-order valence-corrected chi connectivity index (χ1v) is 14.4. The van der Waals surface area contributed by atoms with Gasteiger partial charge in [0.15, 0.2) is 0 Å². The fourth-order valence-corrected chi connectivity index (χ4v) is 6.11. The van der Waals surface area contributed by atoms with E-state index in [0.29, 0.717) is 18.2 Å². The van der Waals surface area contributed by atoms with Gasteiger partial charge in [0, 0.05) is 30.5 Å². The maximum atomic E-state index is 12.4. The van der Waals surface area contributed by atoms with Gasteiger partial charge in [0.25, 0.3) is 0 Å². The molecule has 2 aliphatic heterocycles. The average molecular weight is 527 g/mol. The van der Waals surface area contributed by atoms with Gasteiger partial charge in [-0.15, -0.1) is 9.24 Å². The molecule has 4 rings (SSSR count). The fourth-order valence-electron chi connectivity index (χ4n) is 5.64. The summed E-state index contributed by atoms with van der Waals surface area (Å²) < 4.78 is 5.77. The number of anilines is 1. The second-order valence-electron chi connectivity index (χ2n) is 11.2. The van der Waals surface area contributed by atoms with Gasteiger partial charge in [0.1, 0.15) is 11.9 Å². The van der Waals surface area contributed by atoms with E-state index in [9.17, 15) is 9.90 Å². The van der Waals surface area contributed by atoms with Crippen molar-refractivity contribution in [2.75, 3.05) is 25.0 Å². The number of nitrogens with zero attached hydrogens (tertiary/aromatic N) is 3. The molecule has 0 amide bonds. The SMILES string of the molecule is CC(C)OCc1ncccc1[C@@H](C(=O)O)N1CCC(C(C)(P)CCCCc2ccc3c(n2)NCCC3)C1. The van der Waals surface area contributed by atoms with Gasteiger partial charge in [-0.3, -0.25) is 14.7 Å². The van der Waals surface area contributed by atoms with Crippen LogP contribution in [0.1, 0.15) is 81.4 Å². The molecule has 2 N–H and O–H groups in total. The normalized spacial score (nSPS) is 20.3. The lowest BCUT2D eigenvalue weighted by atomic mass is 9.87. The summed E-state index contributed by atoms with van der Waals surface area (Å²) >= 11 is 0. The van der Waals surface area contributed by atoms with E-state index in [1.165, 1.54) is 17.7 Å². The van der Waals surface area contributed by atoms with E-state index in [1.807, 2.05) is 26.0 Å². The Labute approximate surface area is 224 Å². The van der Waals surface area contributed by atoms with Gasteiger partial charge in [0.2, 0.25) is 0 Å². The van der Waals surface area contributed by atoms with E-state index in [0.717, 1.165) is 69.5 Å². The predicted molar refractivity (Wildman–Crippen MR) is 151 cm³/mol. The molecule has 37 heavy (non-hydrogen) atoms. The van der Waals surface area contributed by atoms with Crippen molar-refractivity contribution in [2.24, 2.45) is 5.92 Å². The quantitative estimate of drug-likeness (QED) is 0.288. The number of carboxylic acid groups (broad SMARTS) is 1. The second-order valence-corrected chi connectivity index (χ2v) is 12.5. The molecule has 2 aromatic rings. The highest BCUT2D eigenvalue weighted by Crippen LogP contribution is 2.41. The standard InChI is InChI=1S/C29H43N4O3P/c1-20(2)36-19-25-24(10-7-15-30-25)26(28(34)35)33-17-13-22(18-33)29(3,37)14-5-4-9-23-12-11-21-8-6-16-31-27(21)32-23/h7,10-12,15,20,22,26H,4-6,8-9,13-14,16-19,37H2,1-3H3,(H,31,32)(H,34,35)/t22?,26-,29?/m0/s1. The van der Waals surface area contributed by atoms with Crippen molar-refractivity contribution < 1.29 is 14.6 Å². The first-order valence-electron chi connectivity index (χ1n) is 13.8. The Balaban J connectivity index is 1.32. The van der Waals surface area contributed by atoms with Crippen molar-refractivity contribution in [3.05, 3.63) is 53.0 Å². The number of aromatic nitrogens is 2. The number of aliphatic carboxylic acids is 1. The summed E-state index contributed by atoms with van der Waals surface area (Å²) in [4.78, 5) is 23.9. The van der Waals surface area contributed by atoms with Crippen molar-refractivity contribution in [3.63, 3.8) is 0 Å². The molecule has 4 heterocycles. The number of pyridine rings is 2. The number of unbranched alkanes of at least 4 members (excludes halogenated alkanes) is 1. The van der Waals surface area contributed by atoms with Crippen LogP contribution in [0.5, 0.6) is 0 Å². The first kappa shape index (κ1) is 27.9. The highest BCUT2D eigenvalue weighted by atomic mass is 31.0. The third-order valence-electron chi connectivity index (χ3n) is 7.87. The number of aryl methyl sites for hydroxylation is 2. The van der Waals surface area contributed by atoms with Gasteiger partial charge < -0.3 is 15.2 Å². The molecule has 0 saturated carbocycles. The average Bonchev–Trinajstić information content (AvgIpc) is 3.36. The Morgan fingerprint density at radius 2 is 2.16 bits per heavy atom. The molecule has 0 spiro atoms. The molecule has 2 aliphatic rings. The first-order chi connectivity index (χ1) is 17.7. The Hall–Kier alpha value is -2.08. The summed E-state index contributed by atoms with van der Waals surface area (Å²) in [7, 11) is 3.10. The Morgan fingerprint density at radius 3 is 2.95 bits per heavy atom. The van der Waals surface area contributed by atoms with Crippen LogP contribution in [0.15, 0.2) is 30.5 Å². The van der Waals surface area contributed by atoms with Crippen molar-refractivity contribution in [3.8, 4) is 0 Å². The van der Waals surface area contributed by atoms with Crippen LogP contribution in [-0.2, 0) is 29.0 Å². The third kappa shape index (κ3) is 7.28. The molecular formula is C29H43N4O3P. The van der Waals surface area contributed by atoms with Gasteiger partial charge in [-0.2, -0.15) is 0 Å². The van der Waals surface area contributed by atoms with Crippen molar-refractivity contribution >= 4 is 21.0 Å². The zero-order chi connectivity index (χ0) is 26.4. The summed E-state index contributed by atoms with van der Waals surface area (Å²) in [6.45, 7) is 9.15. The Morgan fingerprint density at radius 1 is 1.32 bits per heavy atom. The van der Waals surface area contributed by atoms with E-state index in [1.54, 1.807) is 6.20 Å². The summed E-state index contributed by atoms with van der Waals surface area (Å²) in [5.41, 5.74) is 3.97. The van der Waals surface area contributed by atoms with Gasteiger partial charge in [-0.05, 0) is 87.7 Å². The summed E-state index contributed by atoms with van der Waals surface area (Å²) in [5.74, 6) is 0.681. The van der Waals surface area contributed by atoms with Crippen molar-refractivity contribution in [2.45, 2.75) is 89.6 Å². The minimum atomic E-state index is -0.822. The maximum Gasteiger partial charge on any atom is 0.325 e. The predicted octanol–water partition coefficient (Wildman–Crippen LogP) is 5.25. The Bertz CT molecular complexity index is 1060. The molecule has 1 saturated heterocycles. The zero-order valence-corrected chi connectivity index (χ0v) is 23.7. The molecule has 7 nitrogen and oxygen atoms in total. The lowest BCUT2D eigenvalue weighted by Crippen LogP contribution is -2.36. The minimum absolute atomic E-state index is 0.0619. The van der Waals surface area contributed by atoms with Gasteiger partial charge >= 0.3 is 5.97 Å². The number of rotatable bonds is 12. The number of fused-ring (bicyclic) bond motifs is 1. The molecule has 0 aromatic carbocycles. The summed E-state index contributed by atoms with van der Waals surface area (Å²) in [6.07, 6.45) is 9.41. The van der Waals surface area contributed by atoms with E-state index in [-0.39, 0.29) is 11.3 Å². The van der Waals surface area contributed by atoms with Crippen LogP contribution in [0.3, 0.4) is 0 Å². The van der Waals surface area contributed by atoms with Crippen molar-refractivity contribution in [1.29, 1.82) is 0 Å². The number of hydrogen-bond donors (Lipinski definition) is 2. The van der Waals surface area contributed by atoms with Crippen LogP contribution < -0.4 is 5.32 Å². The minimum Gasteiger partial charge on any atom is -0.480 e. The van der Waals surface area contributed by atoms with Crippen LogP contribution in [-0.4, -0.2) is 56.8 Å². The molecular weight excluding hydrogens is 483 g/mol. The van der Waals surface area contributed by atoms with Crippen molar-refractivity contribution in [1.82, 2.24) is 14.9 Å². The van der Waals surface area contributed by atoms with E-state index >= 15 is 0 Å². The number of nitrogens with one attached hydrogen (secondary N) is 1. The highest BCUT2D eigenvalue weighted by molar-refractivity contribution is 7.18. The van der Waals surface area contributed by atoms with E-state index in [2.05, 4.69) is 43.5 Å². The van der Waals surface area contributed by atoms with Crippen LogP contribution in [0.4, 0.5) is 5.82 Å². The van der Waals surface area contributed by atoms with Crippen LogP contribution in [0, 0.1) is 5.92 Å². The molecule has 202 valence electrons. The van der Waals surface area contributed by atoms with E-state index < -0.39 is 12.0 Å². The molecule has 4 atom stereocenters. The Kier molecular flexibility index (Phi) is 9.55. The summed E-state index contributed by atoms with van der Waals surface area (Å²) in [6, 6.07) is 7.44. The number of carbonyl (C=O) groups is 1. The van der Waals surface area contributed by atoms with Gasteiger partial charge in [-0.25, -0.2) is 4.98 Å². The fraction of sp³-hybridized carbons (Fsp3) is 0.621. The summed E-state index contributed by atoms with van der Waals surface area (Å²) in [5, 5.41) is 13.7. The monoisotopic (exact) mass is 526 g/mol. The lowest BCUT2D eigenvalue weighted by Gasteiger charge is -2.33. The zero-order valence-electron chi connectivity index (χ0n) is 22.6. The highest BCUT2D eigenvalue weighted by Gasteiger charge is 2.40. The molecule has 8 heteroatoms. The molecule has 0 aliphatic carbocycles. The molecule has 0 bridgehead atoms. The molecule has 1 fully saturated rings. The smallest absolute Gasteiger partial charge is 0.325 e. The van der Waals surface area contributed by atoms with E-state index in [4.69, 9.17) is 9.72 Å². The number of carboxylic acids is 1. The van der Waals surface area contributed by atoms with Gasteiger partial charge in [0.05, 0.1) is 18.4 Å². The van der Waals surface area contributed by atoms with Crippen LogP contribution >= 0.6 is 9.24 Å². The van der Waals surface area contributed by atoms with Crippen LogP contribution in [0.2, 0.25) is 0 Å². The molecule has 2 aromatic heterocycles. The number of ether oxygens (including phenoxy) is 1. The molecule has 3 unspecified atom stereocenters. The third-order valence-corrected chi connectivity index (χ3v) is 8.64. The largest absolute Gasteiger partial charge is 0.480 e. The number of hydrogen-bond acceptors (Lipinski definition) is 6. The second kappa shape index (κ2) is 12.6. The van der Waals surface area contributed by atoms with Crippen LogP contribution in [0.25, 0.3) is 0 Å². The van der Waals surface area contributed by atoms with Gasteiger partial charge in [-0.1, -0.05) is 25.5 Å². The topological polar surface area (TPSA) is 87.6 Å². The maximum absolute atomic E-state index is 12.4. The number of likely N-dealkylation sites (tertiary alicyclic amines) is 1. The molecule has 0 radical (unpaired) electrons.